The lowest BCUT2D eigenvalue weighted by molar-refractivity contribution is 0.297. The summed E-state index contributed by atoms with van der Waals surface area (Å²) in [6.45, 7) is 2.25. The van der Waals surface area contributed by atoms with E-state index in [2.05, 4.69) is 0 Å². The molecule has 0 fully saturated rings. The molecule has 0 unspecified atom stereocenters. The van der Waals surface area contributed by atoms with Crippen LogP contribution in [0.2, 0.25) is 0 Å². The highest BCUT2D eigenvalue weighted by molar-refractivity contribution is 5.88. The Balaban J connectivity index is 1.73. The minimum Gasteiger partial charge on any atom is -0.496 e. The minimum absolute atomic E-state index is 0.355. The fourth-order valence-corrected chi connectivity index (χ4v) is 3.73. The molecule has 0 N–H and O–H groups in total. The van der Waals surface area contributed by atoms with Gasteiger partial charge in [-0.2, -0.15) is 0 Å². The molecule has 0 aliphatic heterocycles. The smallest absolute Gasteiger partial charge is 0.344 e. The molecule has 164 valence electrons. The first-order valence-electron chi connectivity index (χ1n) is 10.1. The summed E-state index contributed by atoms with van der Waals surface area (Å²) in [7, 11) is 4.76. The van der Waals surface area contributed by atoms with Crippen LogP contribution in [-0.2, 0) is 6.61 Å². The number of hydrogen-bond acceptors (Lipinski definition) is 6. The van der Waals surface area contributed by atoms with Crippen LogP contribution in [0.5, 0.6) is 23.0 Å². The molecule has 0 aliphatic rings. The number of aryl methyl sites for hydroxylation is 1. The van der Waals surface area contributed by atoms with Crippen LogP contribution in [0.3, 0.4) is 0 Å². The highest BCUT2D eigenvalue weighted by atomic mass is 16.5. The third kappa shape index (κ3) is 3.99. The highest BCUT2D eigenvalue weighted by Crippen LogP contribution is 2.35. The van der Waals surface area contributed by atoms with Gasteiger partial charge in [0.2, 0.25) is 0 Å². The fraction of sp³-hybridized carbons (Fsp3) is 0.192. The van der Waals surface area contributed by atoms with Gasteiger partial charge in [0, 0.05) is 10.9 Å². The number of hydrogen-bond donors (Lipinski definition) is 0. The molecule has 32 heavy (non-hydrogen) atoms. The molecular formula is C26H24O6. The van der Waals surface area contributed by atoms with Gasteiger partial charge in [-0.1, -0.05) is 24.3 Å². The van der Waals surface area contributed by atoms with E-state index in [4.69, 9.17) is 23.4 Å². The predicted octanol–water partition coefficient (Wildman–Crippen LogP) is 5.37. The summed E-state index contributed by atoms with van der Waals surface area (Å²) in [6.07, 6.45) is 0. The summed E-state index contributed by atoms with van der Waals surface area (Å²) in [4.78, 5) is 12.8. The summed E-state index contributed by atoms with van der Waals surface area (Å²) in [5.41, 5.74) is 2.99. The number of fused-ring (bicyclic) bond motifs is 1. The Kier molecular flexibility index (Phi) is 6.03. The second-order valence-electron chi connectivity index (χ2n) is 7.22. The maximum absolute atomic E-state index is 12.8. The zero-order valence-corrected chi connectivity index (χ0v) is 18.4. The lowest BCUT2D eigenvalue weighted by atomic mass is 9.99. The van der Waals surface area contributed by atoms with Gasteiger partial charge in [-0.05, 0) is 54.4 Å². The van der Waals surface area contributed by atoms with E-state index in [1.807, 2.05) is 43.3 Å². The molecule has 0 amide bonds. The van der Waals surface area contributed by atoms with Crippen molar-refractivity contribution in [1.29, 1.82) is 0 Å². The van der Waals surface area contributed by atoms with E-state index in [1.165, 1.54) is 0 Å². The molecule has 1 aromatic heterocycles. The first-order chi connectivity index (χ1) is 15.5. The first-order valence-corrected chi connectivity index (χ1v) is 10.1. The van der Waals surface area contributed by atoms with E-state index in [1.54, 1.807) is 45.6 Å². The summed E-state index contributed by atoms with van der Waals surface area (Å²) in [6, 6.07) is 18.5. The molecule has 3 aromatic carbocycles. The second-order valence-corrected chi connectivity index (χ2v) is 7.22. The maximum atomic E-state index is 12.8. The summed E-state index contributed by atoms with van der Waals surface area (Å²) in [5.74, 6) is 2.56. The van der Waals surface area contributed by atoms with Crippen LogP contribution in [0.25, 0.3) is 22.1 Å². The van der Waals surface area contributed by atoms with E-state index in [0.29, 0.717) is 40.6 Å². The number of para-hydroxylation sites is 1. The summed E-state index contributed by atoms with van der Waals surface area (Å²) >= 11 is 0. The van der Waals surface area contributed by atoms with Gasteiger partial charge in [0.25, 0.3) is 0 Å². The Hall–Kier alpha value is -3.93. The lowest BCUT2D eigenvalue weighted by Gasteiger charge is -2.13. The number of methoxy groups -OCH3 is 3. The zero-order valence-electron chi connectivity index (χ0n) is 18.4. The Morgan fingerprint density at radius 1 is 0.812 bits per heavy atom. The molecule has 4 rings (SSSR count). The normalized spacial score (nSPS) is 10.8. The van der Waals surface area contributed by atoms with Crippen LogP contribution in [0, 0.1) is 6.92 Å². The van der Waals surface area contributed by atoms with Crippen LogP contribution >= 0.6 is 0 Å². The van der Waals surface area contributed by atoms with Gasteiger partial charge in [0.05, 0.1) is 26.9 Å². The minimum atomic E-state index is -0.412. The average Bonchev–Trinajstić information content (AvgIpc) is 2.83. The Bertz CT molecular complexity index is 1320. The fourth-order valence-electron chi connectivity index (χ4n) is 3.73. The van der Waals surface area contributed by atoms with Gasteiger partial charge in [-0.25, -0.2) is 4.79 Å². The number of rotatable bonds is 7. The van der Waals surface area contributed by atoms with Gasteiger partial charge in [0.15, 0.2) is 11.5 Å². The monoisotopic (exact) mass is 432 g/mol. The van der Waals surface area contributed by atoms with E-state index >= 15 is 0 Å². The van der Waals surface area contributed by atoms with Gasteiger partial charge >= 0.3 is 5.63 Å². The number of benzene rings is 3. The molecular weight excluding hydrogens is 408 g/mol. The molecule has 4 aromatic rings. The quantitative estimate of drug-likeness (QED) is 0.366. The Morgan fingerprint density at radius 3 is 2.31 bits per heavy atom. The molecule has 0 saturated heterocycles. The molecule has 0 atom stereocenters. The molecule has 0 radical (unpaired) electrons. The summed E-state index contributed by atoms with van der Waals surface area (Å²) < 4.78 is 27.7. The average molecular weight is 432 g/mol. The number of ether oxygens (including phenoxy) is 4. The van der Waals surface area contributed by atoms with Crippen molar-refractivity contribution >= 4 is 11.0 Å². The van der Waals surface area contributed by atoms with Crippen molar-refractivity contribution in [3.8, 4) is 34.1 Å². The first kappa shape index (κ1) is 21.3. The second kappa shape index (κ2) is 9.06. The van der Waals surface area contributed by atoms with Crippen molar-refractivity contribution < 1.29 is 23.4 Å². The topological polar surface area (TPSA) is 67.1 Å². The molecule has 0 saturated carbocycles. The summed E-state index contributed by atoms with van der Waals surface area (Å²) in [5, 5.41) is 0.798. The van der Waals surface area contributed by atoms with E-state index in [-0.39, 0.29) is 0 Å². The molecule has 6 nitrogen and oxygen atoms in total. The molecule has 0 spiro atoms. The maximum Gasteiger partial charge on any atom is 0.344 e. The molecule has 6 heteroatoms. The van der Waals surface area contributed by atoms with Crippen LogP contribution < -0.4 is 24.6 Å². The largest absolute Gasteiger partial charge is 0.496 e. The van der Waals surface area contributed by atoms with Crippen molar-refractivity contribution in [3.63, 3.8) is 0 Å². The van der Waals surface area contributed by atoms with E-state index in [9.17, 15) is 4.79 Å². The van der Waals surface area contributed by atoms with E-state index < -0.39 is 5.63 Å². The van der Waals surface area contributed by atoms with Gasteiger partial charge in [-0.15, -0.1) is 0 Å². The zero-order chi connectivity index (χ0) is 22.7. The standard InChI is InChI=1S/C26H24O6/c1-16-20-14-19(31-15-18-7-5-6-8-21(18)28-2)10-12-22(20)32-26(27)25(16)17-9-11-23(29-3)24(13-17)30-4/h5-14H,15H2,1-4H3. The predicted molar refractivity (Wildman–Crippen MR) is 123 cm³/mol. The Labute approximate surface area is 185 Å². The SMILES string of the molecule is COc1ccccc1COc1ccc2oc(=O)c(-c3ccc(OC)c(OC)c3)c(C)c2c1. The van der Waals surface area contributed by atoms with E-state index in [0.717, 1.165) is 22.3 Å². The van der Waals surface area contributed by atoms with Crippen molar-refractivity contribution in [1.82, 2.24) is 0 Å². The van der Waals surface area contributed by atoms with Crippen molar-refractivity contribution in [3.05, 3.63) is 82.2 Å². The van der Waals surface area contributed by atoms with Crippen LogP contribution in [0.1, 0.15) is 11.1 Å². The third-order valence-electron chi connectivity index (χ3n) is 5.40. The molecule has 1 heterocycles. The van der Waals surface area contributed by atoms with Gasteiger partial charge < -0.3 is 23.4 Å². The van der Waals surface area contributed by atoms with Crippen molar-refractivity contribution in [2.45, 2.75) is 13.5 Å². The molecule has 0 aliphatic carbocycles. The van der Waals surface area contributed by atoms with Crippen LogP contribution in [-0.4, -0.2) is 21.3 Å². The van der Waals surface area contributed by atoms with Gasteiger partial charge in [0.1, 0.15) is 23.7 Å². The third-order valence-corrected chi connectivity index (χ3v) is 5.40. The Morgan fingerprint density at radius 2 is 1.56 bits per heavy atom. The van der Waals surface area contributed by atoms with Crippen LogP contribution in [0.15, 0.2) is 69.9 Å². The highest BCUT2D eigenvalue weighted by Gasteiger charge is 2.16. The lowest BCUT2D eigenvalue weighted by Crippen LogP contribution is -2.06. The van der Waals surface area contributed by atoms with Gasteiger partial charge in [-0.3, -0.25) is 0 Å². The molecule has 0 bridgehead atoms. The van der Waals surface area contributed by atoms with Crippen LogP contribution in [0.4, 0.5) is 0 Å². The van der Waals surface area contributed by atoms with Crippen molar-refractivity contribution in [2.24, 2.45) is 0 Å². The van der Waals surface area contributed by atoms with Crippen molar-refractivity contribution in [2.75, 3.05) is 21.3 Å².